The van der Waals surface area contributed by atoms with Crippen molar-refractivity contribution < 1.29 is 0 Å². The highest BCUT2D eigenvalue weighted by Crippen LogP contribution is 2.26. The normalized spacial score (nSPS) is 12.0. The summed E-state index contributed by atoms with van der Waals surface area (Å²) >= 11 is 0. The number of rotatable bonds is 7. The van der Waals surface area contributed by atoms with Crippen molar-refractivity contribution in [1.82, 2.24) is 0 Å². The van der Waals surface area contributed by atoms with Gasteiger partial charge in [0.05, 0.1) is 8.07 Å². The van der Waals surface area contributed by atoms with Crippen LogP contribution in [0.1, 0.15) is 33.6 Å². The lowest BCUT2D eigenvalue weighted by molar-refractivity contribution is 0.788. The van der Waals surface area contributed by atoms with Crippen LogP contribution in [0.3, 0.4) is 0 Å². The fourth-order valence-corrected chi connectivity index (χ4v) is 5.49. The standard InChI is InChI=1S/C10H25NSi/c1-4-12(5-2,6-3)10-8-7-9-11/h4-11H2,1-3H3. The molecular weight excluding hydrogens is 162 g/mol. The molecule has 0 bridgehead atoms. The molecule has 74 valence electrons. The molecule has 0 amide bonds. The van der Waals surface area contributed by atoms with E-state index in [4.69, 9.17) is 5.73 Å². The Labute approximate surface area is 78.7 Å². The second-order valence-corrected chi connectivity index (χ2v) is 9.43. The zero-order chi connectivity index (χ0) is 9.45. The maximum atomic E-state index is 5.50. The van der Waals surface area contributed by atoms with Gasteiger partial charge in [-0.1, -0.05) is 51.4 Å². The van der Waals surface area contributed by atoms with Crippen LogP contribution in [-0.2, 0) is 0 Å². The Balaban J connectivity index is 3.76. The van der Waals surface area contributed by atoms with Gasteiger partial charge in [-0.3, -0.25) is 0 Å². The molecule has 0 saturated carbocycles. The summed E-state index contributed by atoms with van der Waals surface area (Å²) in [6, 6.07) is 5.90. The van der Waals surface area contributed by atoms with E-state index in [1.54, 1.807) is 0 Å². The van der Waals surface area contributed by atoms with Crippen LogP contribution in [0, 0.1) is 0 Å². The Morgan fingerprint density at radius 2 is 1.42 bits per heavy atom. The summed E-state index contributed by atoms with van der Waals surface area (Å²) in [7, 11) is -0.810. The molecule has 0 aromatic heterocycles. The topological polar surface area (TPSA) is 26.0 Å². The maximum absolute atomic E-state index is 5.50. The summed E-state index contributed by atoms with van der Waals surface area (Å²) in [6.07, 6.45) is 2.60. The average molecular weight is 187 g/mol. The molecule has 0 saturated heterocycles. The third kappa shape index (κ3) is 3.72. The van der Waals surface area contributed by atoms with Crippen molar-refractivity contribution in [3.8, 4) is 0 Å². The minimum Gasteiger partial charge on any atom is -0.330 e. The van der Waals surface area contributed by atoms with Gasteiger partial charge in [-0.25, -0.2) is 0 Å². The molecule has 0 aromatic carbocycles. The molecule has 0 radical (unpaired) electrons. The van der Waals surface area contributed by atoms with Crippen LogP contribution in [0.2, 0.25) is 24.2 Å². The van der Waals surface area contributed by atoms with Crippen LogP contribution in [0.4, 0.5) is 0 Å². The van der Waals surface area contributed by atoms with Crippen molar-refractivity contribution in [2.24, 2.45) is 5.73 Å². The van der Waals surface area contributed by atoms with Crippen LogP contribution >= 0.6 is 0 Å². The third-order valence-corrected chi connectivity index (χ3v) is 9.33. The Kier molecular flexibility index (Phi) is 6.77. The molecule has 0 rings (SSSR count). The molecule has 0 spiro atoms. The summed E-state index contributed by atoms with van der Waals surface area (Å²) in [5, 5.41) is 0. The fraction of sp³-hybridized carbons (Fsp3) is 1.00. The summed E-state index contributed by atoms with van der Waals surface area (Å²) in [5.41, 5.74) is 5.50. The first-order chi connectivity index (χ1) is 5.74. The molecule has 0 atom stereocenters. The number of hydrogen-bond donors (Lipinski definition) is 1. The lowest BCUT2D eigenvalue weighted by Gasteiger charge is -2.27. The molecule has 12 heavy (non-hydrogen) atoms. The van der Waals surface area contributed by atoms with Crippen molar-refractivity contribution in [2.75, 3.05) is 6.54 Å². The predicted molar refractivity (Wildman–Crippen MR) is 60.3 cm³/mol. The van der Waals surface area contributed by atoms with Gasteiger partial charge in [0.15, 0.2) is 0 Å². The van der Waals surface area contributed by atoms with E-state index in [2.05, 4.69) is 20.8 Å². The molecular formula is C10H25NSi. The number of nitrogens with two attached hydrogens (primary N) is 1. The quantitative estimate of drug-likeness (QED) is 0.480. The second-order valence-electron chi connectivity index (χ2n) is 3.81. The highest BCUT2D eigenvalue weighted by Gasteiger charge is 2.25. The van der Waals surface area contributed by atoms with Gasteiger partial charge in [0.1, 0.15) is 0 Å². The Hall–Kier alpha value is 0.177. The highest BCUT2D eigenvalue weighted by molar-refractivity contribution is 6.79. The molecule has 0 aromatic rings. The number of unbranched alkanes of at least 4 members (excludes halogenated alkanes) is 1. The Morgan fingerprint density at radius 1 is 0.917 bits per heavy atom. The van der Waals surface area contributed by atoms with Crippen molar-refractivity contribution in [3.63, 3.8) is 0 Å². The average Bonchev–Trinajstić information content (AvgIpc) is 2.14. The molecule has 2 heteroatoms. The van der Waals surface area contributed by atoms with Crippen LogP contribution in [0.25, 0.3) is 0 Å². The van der Waals surface area contributed by atoms with Crippen molar-refractivity contribution in [3.05, 3.63) is 0 Å². The van der Waals surface area contributed by atoms with E-state index >= 15 is 0 Å². The van der Waals surface area contributed by atoms with Gasteiger partial charge in [-0.15, -0.1) is 0 Å². The summed E-state index contributed by atoms with van der Waals surface area (Å²) < 4.78 is 0. The molecule has 1 nitrogen and oxygen atoms in total. The summed E-state index contributed by atoms with van der Waals surface area (Å²) in [5.74, 6) is 0. The molecule has 0 aliphatic heterocycles. The first kappa shape index (κ1) is 12.2. The minimum absolute atomic E-state index is 0.810. The van der Waals surface area contributed by atoms with Gasteiger partial charge in [-0.05, 0) is 13.0 Å². The minimum atomic E-state index is -0.810. The van der Waals surface area contributed by atoms with Crippen molar-refractivity contribution in [1.29, 1.82) is 0 Å². The fourth-order valence-electron chi connectivity index (χ4n) is 1.92. The van der Waals surface area contributed by atoms with Gasteiger partial charge >= 0.3 is 0 Å². The van der Waals surface area contributed by atoms with E-state index in [0.29, 0.717) is 0 Å². The molecule has 0 fully saturated rings. The van der Waals surface area contributed by atoms with E-state index in [1.807, 2.05) is 0 Å². The van der Waals surface area contributed by atoms with Crippen molar-refractivity contribution in [2.45, 2.75) is 57.8 Å². The second kappa shape index (κ2) is 6.67. The third-order valence-electron chi connectivity index (χ3n) is 3.41. The van der Waals surface area contributed by atoms with E-state index in [0.717, 1.165) is 6.54 Å². The van der Waals surface area contributed by atoms with Gasteiger partial charge in [0, 0.05) is 0 Å². The molecule has 0 heterocycles. The smallest absolute Gasteiger partial charge is 0.0527 e. The van der Waals surface area contributed by atoms with E-state index < -0.39 is 8.07 Å². The van der Waals surface area contributed by atoms with E-state index in [-0.39, 0.29) is 0 Å². The zero-order valence-electron chi connectivity index (χ0n) is 9.03. The van der Waals surface area contributed by atoms with Gasteiger partial charge in [0.25, 0.3) is 0 Å². The molecule has 0 aliphatic carbocycles. The van der Waals surface area contributed by atoms with Crippen LogP contribution in [0.5, 0.6) is 0 Å². The first-order valence-electron chi connectivity index (χ1n) is 5.44. The predicted octanol–water partition coefficient (Wildman–Crippen LogP) is 3.23. The largest absolute Gasteiger partial charge is 0.330 e. The molecule has 0 aliphatic rings. The lowest BCUT2D eigenvalue weighted by atomic mass is 10.3. The van der Waals surface area contributed by atoms with Gasteiger partial charge in [-0.2, -0.15) is 0 Å². The first-order valence-corrected chi connectivity index (χ1v) is 8.27. The van der Waals surface area contributed by atoms with Crippen molar-refractivity contribution >= 4 is 8.07 Å². The van der Waals surface area contributed by atoms with Crippen LogP contribution in [-0.4, -0.2) is 14.6 Å². The van der Waals surface area contributed by atoms with E-state index in [9.17, 15) is 0 Å². The van der Waals surface area contributed by atoms with Crippen LogP contribution in [0.15, 0.2) is 0 Å². The summed E-state index contributed by atoms with van der Waals surface area (Å²) in [6.45, 7) is 8.01. The highest BCUT2D eigenvalue weighted by atomic mass is 28.3. The zero-order valence-corrected chi connectivity index (χ0v) is 10.0. The number of hydrogen-bond acceptors (Lipinski definition) is 1. The van der Waals surface area contributed by atoms with Gasteiger partial charge in [0.2, 0.25) is 0 Å². The van der Waals surface area contributed by atoms with Gasteiger partial charge < -0.3 is 5.73 Å². The molecule has 2 N–H and O–H groups in total. The van der Waals surface area contributed by atoms with Crippen LogP contribution < -0.4 is 5.73 Å². The Bertz CT molecular complexity index is 91.7. The summed E-state index contributed by atoms with van der Waals surface area (Å²) in [4.78, 5) is 0. The molecule has 0 unspecified atom stereocenters. The maximum Gasteiger partial charge on any atom is 0.0527 e. The monoisotopic (exact) mass is 187 g/mol. The Morgan fingerprint density at radius 3 is 1.75 bits per heavy atom. The SMILES string of the molecule is CC[Si](CC)(CC)CCCCN. The lowest BCUT2D eigenvalue weighted by Crippen LogP contribution is -2.30. The van der Waals surface area contributed by atoms with E-state index in [1.165, 1.54) is 37.0 Å².